The van der Waals surface area contributed by atoms with Crippen molar-refractivity contribution >= 4 is 22.5 Å². The molecule has 168 valence electrons. The van der Waals surface area contributed by atoms with Gasteiger partial charge in [-0.2, -0.15) is 0 Å². The lowest BCUT2D eigenvalue weighted by atomic mass is 10.1. The van der Waals surface area contributed by atoms with E-state index in [2.05, 4.69) is 17.3 Å². The van der Waals surface area contributed by atoms with Crippen molar-refractivity contribution in [2.24, 2.45) is 0 Å². The molecule has 1 aromatic heterocycles. The molecule has 2 aliphatic rings. The second kappa shape index (κ2) is 9.39. The molecule has 0 unspecified atom stereocenters. The van der Waals surface area contributed by atoms with Crippen molar-refractivity contribution in [3.05, 3.63) is 39.9 Å². The van der Waals surface area contributed by atoms with Crippen molar-refractivity contribution in [2.75, 3.05) is 38.1 Å². The number of pyridine rings is 1. The fourth-order valence-electron chi connectivity index (χ4n) is 4.80. The Labute approximate surface area is 183 Å². The van der Waals surface area contributed by atoms with Crippen LogP contribution in [-0.2, 0) is 6.54 Å². The maximum atomic E-state index is 15.1. The molecule has 1 aliphatic carbocycles. The highest BCUT2D eigenvalue weighted by Crippen LogP contribution is 2.26. The number of amides is 1. The lowest BCUT2D eigenvalue weighted by molar-refractivity contribution is 0.0931. The van der Waals surface area contributed by atoms with Gasteiger partial charge in [0.25, 0.3) is 5.91 Å². The number of anilines is 1. The van der Waals surface area contributed by atoms with Gasteiger partial charge in [0.15, 0.2) is 0 Å². The van der Waals surface area contributed by atoms with Crippen LogP contribution in [0.3, 0.4) is 0 Å². The Kier molecular flexibility index (Phi) is 6.60. The molecule has 0 spiro atoms. The number of hydrogen-bond acceptors (Lipinski definition) is 4. The Hall–Kier alpha value is -2.41. The molecule has 2 fully saturated rings. The van der Waals surface area contributed by atoms with E-state index in [1.807, 2.05) is 16.4 Å². The number of benzene rings is 1. The molecular weight excluding hydrogens is 395 g/mol. The van der Waals surface area contributed by atoms with Crippen LogP contribution in [-0.4, -0.2) is 54.6 Å². The number of nitrogens with one attached hydrogen (secondary N) is 1. The predicted molar refractivity (Wildman–Crippen MR) is 123 cm³/mol. The van der Waals surface area contributed by atoms with Crippen LogP contribution in [0, 0.1) is 5.82 Å². The summed E-state index contributed by atoms with van der Waals surface area (Å²) in [5.41, 5.74) is 0.909. The van der Waals surface area contributed by atoms with E-state index < -0.39 is 11.2 Å². The molecule has 1 saturated heterocycles. The van der Waals surface area contributed by atoms with Crippen LogP contribution in [0.15, 0.2) is 23.1 Å². The largest absolute Gasteiger partial charge is 0.367 e. The average Bonchev–Trinajstić information content (AvgIpc) is 3.03. The fraction of sp³-hybridized carbons (Fsp3) is 0.583. The third kappa shape index (κ3) is 4.61. The number of hydrogen-bond donors (Lipinski definition) is 1. The van der Waals surface area contributed by atoms with Crippen LogP contribution < -0.4 is 15.6 Å². The zero-order valence-corrected chi connectivity index (χ0v) is 18.6. The van der Waals surface area contributed by atoms with Gasteiger partial charge in [0.05, 0.1) is 11.2 Å². The van der Waals surface area contributed by atoms with Crippen LogP contribution in [0.25, 0.3) is 10.9 Å². The molecule has 1 N–H and O–H groups in total. The molecule has 31 heavy (non-hydrogen) atoms. The Balaban J connectivity index is 1.69. The van der Waals surface area contributed by atoms with Gasteiger partial charge in [-0.05, 0) is 38.9 Å². The van der Waals surface area contributed by atoms with E-state index in [0.29, 0.717) is 17.7 Å². The standard InChI is InChI=1S/C24H33FN4O2/c1-3-28-16-19(24(31)26-17-8-6-4-5-7-9-17)23(30)18-14-20(25)22(15-21(18)28)29-12-10-27(2)11-13-29/h14-17H,3-13H2,1-2H3,(H,26,31). The number of likely N-dealkylation sites (N-methyl/N-ethyl adjacent to an activating group) is 1. The second-order valence-electron chi connectivity index (χ2n) is 8.93. The minimum atomic E-state index is -0.405. The molecule has 6 nitrogen and oxygen atoms in total. The van der Waals surface area contributed by atoms with E-state index >= 15 is 4.39 Å². The molecule has 1 amide bonds. The highest BCUT2D eigenvalue weighted by Gasteiger charge is 2.23. The first kappa shape index (κ1) is 21.8. The minimum absolute atomic E-state index is 0.102. The van der Waals surface area contributed by atoms with Gasteiger partial charge in [0, 0.05) is 50.3 Å². The highest BCUT2D eigenvalue weighted by molar-refractivity contribution is 5.98. The number of fused-ring (bicyclic) bond motifs is 1. The van der Waals surface area contributed by atoms with Gasteiger partial charge < -0.3 is 19.7 Å². The fourth-order valence-corrected chi connectivity index (χ4v) is 4.80. The summed E-state index contributed by atoms with van der Waals surface area (Å²) in [6.45, 7) is 5.80. The molecule has 1 saturated carbocycles. The van der Waals surface area contributed by atoms with E-state index in [4.69, 9.17) is 0 Å². The third-order valence-corrected chi connectivity index (χ3v) is 6.77. The summed E-state index contributed by atoms with van der Waals surface area (Å²) >= 11 is 0. The topological polar surface area (TPSA) is 57.6 Å². The third-order valence-electron chi connectivity index (χ3n) is 6.77. The van der Waals surface area contributed by atoms with Crippen molar-refractivity contribution in [2.45, 2.75) is 58.0 Å². The van der Waals surface area contributed by atoms with Gasteiger partial charge in [-0.3, -0.25) is 9.59 Å². The summed E-state index contributed by atoms with van der Waals surface area (Å²) in [7, 11) is 2.06. The van der Waals surface area contributed by atoms with Gasteiger partial charge in [0.2, 0.25) is 5.43 Å². The van der Waals surface area contributed by atoms with E-state index in [0.717, 1.165) is 51.9 Å². The van der Waals surface area contributed by atoms with E-state index in [9.17, 15) is 9.59 Å². The van der Waals surface area contributed by atoms with Crippen LogP contribution in [0.2, 0.25) is 0 Å². The summed E-state index contributed by atoms with van der Waals surface area (Å²) < 4.78 is 17.0. The van der Waals surface area contributed by atoms with Crippen LogP contribution in [0.4, 0.5) is 10.1 Å². The Bertz CT molecular complexity index is 1000. The number of rotatable bonds is 4. The quantitative estimate of drug-likeness (QED) is 0.759. The SMILES string of the molecule is CCn1cc(C(=O)NC2CCCCCC2)c(=O)c2cc(F)c(N3CCN(C)CC3)cc21. The number of piperazine rings is 1. The summed E-state index contributed by atoms with van der Waals surface area (Å²) in [6, 6.07) is 3.20. The average molecular weight is 429 g/mol. The number of carbonyl (C=O) groups excluding carboxylic acids is 1. The Morgan fingerprint density at radius 2 is 1.77 bits per heavy atom. The number of aromatic nitrogens is 1. The summed E-state index contributed by atoms with van der Waals surface area (Å²) in [5, 5.41) is 3.32. The summed E-state index contributed by atoms with van der Waals surface area (Å²) in [6.07, 6.45) is 8.13. The maximum Gasteiger partial charge on any atom is 0.256 e. The normalized spacial score (nSPS) is 18.9. The molecule has 4 rings (SSSR count). The van der Waals surface area contributed by atoms with Crippen molar-refractivity contribution in [1.29, 1.82) is 0 Å². The molecule has 1 aromatic carbocycles. The monoisotopic (exact) mass is 428 g/mol. The van der Waals surface area contributed by atoms with Crippen molar-refractivity contribution < 1.29 is 9.18 Å². The van der Waals surface area contributed by atoms with Crippen molar-refractivity contribution in [3.8, 4) is 0 Å². The van der Waals surface area contributed by atoms with Gasteiger partial charge in [-0.1, -0.05) is 25.7 Å². The van der Waals surface area contributed by atoms with Gasteiger partial charge >= 0.3 is 0 Å². The number of carbonyl (C=O) groups is 1. The maximum absolute atomic E-state index is 15.1. The first-order valence-electron chi connectivity index (χ1n) is 11.6. The van der Waals surface area contributed by atoms with Crippen molar-refractivity contribution in [3.63, 3.8) is 0 Å². The Morgan fingerprint density at radius 3 is 2.42 bits per heavy atom. The minimum Gasteiger partial charge on any atom is -0.367 e. The molecule has 0 radical (unpaired) electrons. The van der Waals surface area contributed by atoms with Crippen LogP contribution in [0.5, 0.6) is 0 Å². The number of aryl methyl sites for hydroxylation is 1. The van der Waals surface area contributed by atoms with Crippen LogP contribution >= 0.6 is 0 Å². The summed E-state index contributed by atoms with van der Waals surface area (Å²) in [4.78, 5) is 30.4. The van der Waals surface area contributed by atoms with E-state index in [1.165, 1.54) is 18.9 Å². The zero-order chi connectivity index (χ0) is 22.0. The smallest absolute Gasteiger partial charge is 0.256 e. The van der Waals surface area contributed by atoms with Gasteiger partial charge in [-0.25, -0.2) is 4.39 Å². The second-order valence-corrected chi connectivity index (χ2v) is 8.93. The molecule has 2 heterocycles. The van der Waals surface area contributed by atoms with Gasteiger partial charge in [0.1, 0.15) is 11.4 Å². The lowest BCUT2D eigenvalue weighted by Crippen LogP contribution is -2.44. The predicted octanol–water partition coefficient (Wildman–Crippen LogP) is 3.36. The first-order valence-corrected chi connectivity index (χ1v) is 11.6. The lowest BCUT2D eigenvalue weighted by Gasteiger charge is -2.34. The van der Waals surface area contributed by atoms with Gasteiger partial charge in [-0.15, -0.1) is 0 Å². The van der Waals surface area contributed by atoms with Crippen LogP contribution in [0.1, 0.15) is 55.8 Å². The first-order chi connectivity index (χ1) is 15.0. The summed E-state index contributed by atoms with van der Waals surface area (Å²) in [5.74, 6) is -0.748. The van der Waals surface area contributed by atoms with Crippen molar-refractivity contribution in [1.82, 2.24) is 14.8 Å². The molecule has 1 aliphatic heterocycles. The molecular formula is C24H33FN4O2. The van der Waals surface area contributed by atoms with E-state index in [1.54, 1.807) is 12.3 Å². The number of nitrogens with zero attached hydrogens (tertiary/aromatic N) is 3. The molecule has 0 atom stereocenters. The molecule has 7 heteroatoms. The molecule has 2 aromatic rings. The zero-order valence-electron chi connectivity index (χ0n) is 18.6. The molecule has 0 bridgehead atoms. The Morgan fingerprint density at radius 1 is 1.10 bits per heavy atom. The van der Waals surface area contributed by atoms with E-state index in [-0.39, 0.29) is 22.9 Å². The highest BCUT2D eigenvalue weighted by atomic mass is 19.1. The number of halogens is 1.